The van der Waals surface area contributed by atoms with Crippen LogP contribution in [0, 0.1) is 0 Å². The third kappa shape index (κ3) is 3.13. The molecule has 1 amide bonds. The topological polar surface area (TPSA) is 58.9 Å². The molecule has 21 heavy (non-hydrogen) atoms. The summed E-state index contributed by atoms with van der Waals surface area (Å²) in [6, 6.07) is 8.38. The summed E-state index contributed by atoms with van der Waals surface area (Å²) in [6.07, 6.45) is 7.41. The number of aromatic nitrogens is 2. The molecule has 0 radical (unpaired) electrons. The van der Waals surface area contributed by atoms with Crippen molar-refractivity contribution in [3.8, 4) is 5.69 Å². The van der Waals surface area contributed by atoms with E-state index in [2.05, 4.69) is 46.8 Å². The van der Waals surface area contributed by atoms with Crippen molar-refractivity contribution in [3.05, 3.63) is 48.5 Å². The summed E-state index contributed by atoms with van der Waals surface area (Å²) in [5.74, 6) is 0.114. The first-order chi connectivity index (χ1) is 10.2. The number of carbonyl (C=O) groups is 1. The molecule has 2 N–H and O–H groups in total. The van der Waals surface area contributed by atoms with Gasteiger partial charge in [0.2, 0.25) is 5.91 Å². The Morgan fingerprint density at radius 3 is 2.86 bits per heavy atom. The van der Waals surface area contributed by atoms with Gasteiger partial charge < -0.3 is 9.88 Å². The van der Waals surface area contributed by atoms with Gasteiger partial charge in [-0.15, -0.1) is 0 Å². The van der Waals surface area contributed by atoms with E-state index >= 15 is 0 Å². The van der Waals surface area contributed by atoms with Crippen LogP contribution in [-0.4, -0.2) is 28.0 Å². The second-order valence-corrected chi connectivity index (χ2v) is 5.44. The second-order valence-electron chi connectivity index (χ2n) is 5.44. The van der Waals surface area contributed by atoms with Crippen LogP contribution in [0.4, 0.5) is 0 Å². The quantitative estimate of drug-likeness (QED) is 0.900. The highest BCUT2D eigenvalue weighted by molar-refractivity contribution is 5.82. The van der Waals surface area contributed by atoms with Crippen molar-refractivity contribution in [1.29, 1.82) is 0 Å². The van der Waals surface area contributed by atoms with E-state index < -0.39 is 0 Å². The predicted octanol–water partition coefficient (Wildman–Crippen LogP) is 1.80. The van der Waals surface area contributed by atoms with E-state index in [1.807, 2.05) is 10.8 Å². The van der Waals surface area contributed by atoms with Gasteiger partial charge in [0.1, 0.15) is 0 Å². The lowest BCUT2D eigenvalue weighted by molar-refractivity contribution is -0.124. The van der Waals surface area contributed by atoms with Crippen LogP contribution in [0.1, 0.15) is 31.4 Å². The number of nitrogens with one attached hydrogen (secondary N) is 2. The molecule has 2 atom stereocenters. The molecule has 1 aromatic heterocycles. The molecule has 1 fully saturated rings. The molecule has 1 saturated heterocycles. The van der Waals surface area contributed by atoms with E-state index in [1.54, 1.807) is 12.5 Å². The highest BCUT2D eigenvalue weighted by atomic mass is 16.2. The van der Waals surface area contributed by atoms with E-state index in [4.69, 9.17) is 0 Å². The van der Waals surface area contributed by atoms with Gasteiger partial charge in [-0.25, -0.2) is 4.98 Å². The van der Waals surface area contributed by atoms with E-state index in [0.29, 0.717) is 0 Å². The summed E-state index contributed by atoms with van der Waals surface area (Å²) >= 11 is 0. The molecule has 0 aliphatic carbocycles. The molecular formula is C16H20N4O. The van der Waals surface area contributed by atoms with Crippen molar-refractivity contribution in [1.82, 2.24) is 20.2 Å². The molecule has 110 valence electrons. The van der Waals surface area contributed by atoms with Crippen LogP contribution in [0.3, 0.4) is 0 Å². The first kappa shape index (κ1) is 13.8. The number of carbonyl (C=O) groups excluding carboxylic acids is 1. The first-order valence-electron chi connectivity index (χ1n) is 7.36. The number of piperidine rings is 1. The van der Waals surface area contributed by atoms with Gasteiger partial charge in [0.25, 0.3) is 0 Å². The van der Waals surface area contributed by atoms with Crippen molar-refractivity contribution in [3.63, 3.8) is 0 Å². The normalized spacial score (nSPS) is 20.0. The molecule has 1 aliphatic rings. The summed E-state index contributed by atoms with van der Waals surface area (Å²) in [7, 11) is 0. The molecule has 2 heterocycles. The van der Waals surface area contributed by atoms with Crippen LogP contribution in [0.15, 0.2) is 43.0 Å². The smallest absolute Gasteiger partial charge is 0.237 e. The zero-order valence-electron chi connectivity index (χ0n) is 12.1. The van der Waals surface area contributed by atoms with Crippen molar-refractivity contribution in [2.75, 3.05) is 6.54 Å². The Balaban J connectivity index is 1.67. The molecule has 1 aliphatic heterocycles. The fraction of sp³-hybridized carbons (Fsp3) is 0.375. The van der Waals surface area contributed by atoms with E-state index in [0.717, 1.165) is 25.1 Å². The molecule has 2 unspecified atom stereocenters. The Morgan fingerprint density at radius 2 is 2.19 bits per heavy atom. The highest BCUT2D eigenvalue weighted by Gasteiger charge is 2.23. The van der Waals surface area contributed by atoms with Gasteiger partial charge in [-0.3, -0.25) is 10.1 Å². The van der Waals surface area contributed by atoms with Crippen molar-refractivity contribution in [2.24, 2.45) is 0 Å². The number of rotatable bonds is 4. The van der Waals surface area contributed by atoms with Crippen LogP contribution < -0.4 is 10.6 Å². The molecule has 0 spiro atoms. The maximum absolute atomic E-state index is 11.8. The summed E-state index contributed by atoms with van der Waals surface area (Å²) in [5, 5.41) is 6.31. The number of benzene rings is 1. The lowest BCUT2D eigenvalue weighted by Gasteiger charge is -2.26. The minimum atomic E-state index is -0.0814. The minimum Gasteiger partial charge on any atom is -0.355 e. The summed E-state index contributed by atoms with van der Waals surface area (Å²) < 4.78 is 1.97. The molecule has 0 saturated carbocycles. The zero-order valence-corrected chi connectivity index (χ0v) is 12.1. The van der Waals surface area contributed by atoms with Crippen LogP contribution in [0.5, 0.6) is 0 Å². The lowest BCUT2D eigenvalue weighted by atomic mass is 10.0. The second kappa shape index (κ2) is 6.10. The molecular weight excluding hydrogens is 264 g/mol. The van der Waals surface area contributed by atoms with Gasteiger partial charge in [-0.1, -0.05) is 12.1 Å². The van der Waals surface area contributed by atoms with Crippen LogP contribution in [0.2, 0.25) is 0 Å². The number of hydrogen-bond donors (Lipinski definition) is 2. The average Bonchev–Trinajstić information content (AvgIpc) is 3.04. The Hall–Kier alpha value is -2.14. The van der Waals surface area contributed by atoms with Gasteiger partial charge in [-0.05, 0) is 37.5 Å². The number of imidazole rings is 1. The molecule has 1 aromatic carbocycles. The van der Waals surface area contributed by atoms with Gasteiger partial charge in [0.05, 0.1) is 12.4 Å². The van der Waals surface area contributed by atoms with Crippen LogP contribution >= 0.6 is 0 Å². The third-order valence-corrected chi connectivity index (χ3v) is 3.93. The number of nitrogens with zero attached hydrogens (tertiary/aromatic N) is 2. The van der Waals surface area contributed by atoms with Crippen molar-refractivity contribution in [2.45, 2.75) is 31.8 Å². The Labute approximate surface area is 124 Å². The van der Waals surface area contributed by atoms with Gasteiger partial charge in [0, 0.05) is 30.7 Å². The van der Waals surface area contributed by atoms with Gasteiger partial charge >= 0.3 is 0 Å². The standard InChI is InChI=1S/C16H20N4O/c1-12(19-15-3-2-8-18-16(15)21)13-4-6-14(7-5-13)20-10-9-17-11-20/h4-7,9-12,15,19H,2-3,8H2,1H3,(H,18,21). The molecule has 2 aromatic rings. The number of amides is 1. The van der Waals surface area contributed by atoms with E-state index in [1.165, 1.54) is 5.56 Å². The maximum Gasteiger partial charge on any atom is 0.237 e. The molecule has 0 bridgehead atoms. The van der Waals surface area contributed by atoms with E-state index in [-0.39, 0.29) is 18.0 Å². The van der Waals surface area contributed by atoms with Crippen LogP contribution in [-0.2, 0) is 4.79 Å². The van der Waals surface area contributed by atoms with Crippen molar-refractivity contribution >= 4 is 5.91 Å². The van der Waals surface area contributed by atoms with Crippen molar-refractivity contribution < 1.29 is 4.79 Å². The Bertz CT molecular complexity index is 591. The first-order valence-corrected chi connectivity index (χ1v) is 7.36. The molecule has 5 heteroatoms. The maximum atomic E-state index is 11.8. The summed E-state index contributed by atoms with van der Waals surface area (Å²) in [5.41, 5.74) is 2.26. The molecule has 3 rings (SSSR count). The van der Waals surface area contributed by atoms with Crippen LogP contribution in [0.25, 0.3) is 5.69 Å². The SMILES string of the molecule is CC(NC1CCCNC1=O)c1ccc(-n2ccnc2)cc1. The van der Waals surface area contributed by atoms with Gasteiger partial charge in [0.15, 0.2) is 0 Å². The third-order valence-electron chi connectivity index (χ3n) is 3.93. The monoisotopic (exact) mass is 284 g/mol. The van der Waals surface area contributed by atoms with E-state index in [9.17, 15) is 4.79 Å². The zero-order chi connectivity index (χ0) is 14.7. The fourth-order valence-corrected chi connectivity index (χ4v) is 2.68. The Morgan fingerprint density at radius 1 is 1.38 bits per heavy atom. The summed E-state index contributed by atoms with van der Waals surface area (Å²) in [6.45, 7) is 2.89. The average molecular weight is 284 g/mol. The number of hydrogen-bond acceptors (Lipinski definition) is 3. The summed E-state index contributed by atoms with van der Waals surface area (Å²) in [4.78, 5) is 15.8. The lowest BCUT2D eigenvalue weighted by Crippen LogP contribution is -2.48. The predicted molar refractivity (Wildman–Crippen MR) is 81.1 cm³/mol. The van der Waals surface area contributed by atoms with Gasteiger partial charge in [-0.2, -0.15) is 0 Å². The molecule has 5 nitrogen and oxygen atoms in total. The fourth-order valence-electron chi connectivity index (χ4n) is 2.68. The largest absolute Gasteiger partial charge is 0.355 e. The highest BCUT2D eigenvalue weighted by Crippen LogP contribution is 2.17. The minimum absolute atomic E-state index is 0.0814. The Kier molecular flexibility index (Phi) is 4.01.